The number of nitrogens with one attached hydrogen (secondary N) is 3. The van der Waals surface area contributed by atoms with Crippen molar-refractivity contribution in [3.05, 3.63) is 63.8 Å². The number of para-hydroxylation sites is 1. The van der Waals surface area contributed by atoms with Crippen molar-refractivity contribution in [1.82, 2.24) is 44.8 Å². The molecule has 3 saturated heterocycles. The molecular formula is C42H51ClN12O5. The van der Waals surface area contributed by atoms with Crippen LogP contribution in [0.5, 0.6) is 5.75 Å². The fourth-order valence-electron chi connectivity index (χ4n) is 8.86. The number of likely N-dealkylation sites (N-methyl/N-ethyl adjacent to an activating group) is 1. The number of benzene rings is 1. The van der Waals surface area contributed by atoms with Gasteiger partial charge < -0.3 is 25.2 Å². The first-order valence-corrected chi connectivity index (χ1v) is 21.0. The molecule has 3 amide bonds. The number of hydrogen-bond donors (Lipinski definition) is 3. The number of anilines is 4. The number of amides is 3. The molecule has 0 spiro atoms. The molecule has 0 radical (unpaired) electrons. The van der Waals surface area contributed by atoms with Crippen molar-refractivity contribution in [3.63, 3.8) is 0 Å². The molecule has 18 heteroatoms. The van der Waals surface area contributed by atoms with Gasteiger partial charge >= 0.3 is 0 Å². The van der Waals surface area contributed by atoms with Gasteiger partial charge in [-0.3, -0.25) is 38.6 Å². The zero-order valence-electron chi connectivity index (χ0n) is 34.6. The molecule has 0 aliphatic carbocycles. The molecular weight excluding hydrogens is 788 g/mol. The molecule has 316 valence electrons. The number of pyridine rings is 2. The van der Waals surface area contributed by atoms with Gasteiger partial charge in [-0.15, -0.1) is 0 Å². The van der Waals surface area contributed by atoms with Crippen LogP contribution in [0, 0.1) is 5.92 Å². The minimum Gasteiger partial charge on any atom is -0.478 e. The second kappa shape index (κ2) is 17.0. The number of piperidine rings is 2. The van der Waals surface area contributed by atoms with Crippen molar-refractivity contribution in [2.24, 2.45) is 13.0 Å². The van der Waals surface area contributed by atoms with Crippen LogP contribution in [0.3, 0.4) is 0 Å². The van der Waals surface area contributed by atoms with Crippen molar-refractivity contribution < 1.29 is 19.1 Å². The first-order valence-electron chi connectivity index (χ1n) is 20.6. The highest BCUT2D eigenvalue weighted by Gasteiger charge is 2.34. The maximum Gasteiger partial charge on any atom is 0.294 e. The monoisotopic (exact) mass is 838 g/mol. The van der Waals surface area contributed by atoms with E-state index in [9.17, 15) is 19.2 Å². The molecule has 8 rings (SSSR count). The molecule has 1 aromatic carbocycles. The Kier molecular flexibility index (Phi) is 11.6. The normalized spacial score (nSPS) is 18.6. The smallest absolute Gasteiger partial charge is 0.294 e. The molecule has 5 aromatic rings. The highest BCUT2D eigenvalue weighted by molar-refractivity contribution is 6.33. The van der Waals surface area contributed by atoms with Crippen LogP contribution in [0.1, 0.15) is 64.1 Å². The summed E-state index contributed by atoms with van der Waals surface area (Å²) in [5, 5.41) is 15.0. The van der Waals surface area contributed by atoms with Gasteiger partial charge in [0.2, 0.25) is 17.8 Å². The molecule has 3 aliphatic rings. The summed E-state index contributed by atoms with van der Waals surface area (Å²) in [4.78, 5) is 70.8. The van der Waals surface area contributed by atoms with Gasteiger partial charge in [0, 0.05) is 82.6 Å². The van der Waals surface area contributed by atoms with Crippen LogP contribution in [0.25, 0.3) is 21.9 Å². The first-order chi connectivity index (χ1) is 28.9. The fourth-order valence-corrected chi connectivity index (χ4v) is 9.00. The maximum absolute atomic E-state index is 13.2. The number of carbonyl (C=O) groups excluding carboxylic acids is 3. The summed E-state index contributed by atoms with van der Waals surface area (Å²) >= 11 is 6.61. The molecule has 17 nitrogen and oxygen atoms in total. The second-order valence-electron chi connectivity index (χ2n) is 16.1. The second-order valence-corrected chi connectivity index (χ2v) is 16.5. The van der Waals surface area contributed by atoms with Crippen molar-refractivity contribution in [1.29, 1.82) is 0 Å². The molecule has 0 saturated carbocycles. The van der Waals surface area contributed by atoms with Crippen LogP contribution in [0.4, 0.5) is 23.1 Å². The lowest BCUT2D eigenvalue weighted by atomic mass is 9.89. The van der Waals surface area contributed by atoms with E-state index in [0.29, 0.717) is 58.3 Å². The van der Waals surface area contributed by atoms with Crippen molar-refractivity contribution in [3.8, 4) is 5.75 Å². The summed E-state index contributed by atoms with van der Waals surface area (Å²) in [5.74, 6) is 0.344. The predicted octanol–water partition coefficient (Wildman–Crippen LogP) is 4.12. The summed E-state index contributed by atoms with van der Waals surface area (Å²) in [6, 6.07) is 9.86. The van der Waals surface area contributed by atoms with Gasteiger partial charge in [0.25, 0.3) is 11.5 Å². The maximum atomic E-state index is 13.2. The minimum absolute atomic E-state index is 0.0585. The molecule has 3 N–H and O–H groups in total. The van der Waals surface area contributed by atoms with E-state index in [4.69, 9.17) is 26.4 Å². The standard InChI is InChI=1S/C42H51ClN12O5/c1-24(2)55-39-27(20-33(41(55)59)60-23-35(57)44-4)19-28(21-45-39)47-38-31(43)22-46-42(49-38)54-13-11-26(12-14-54)25(3)52-15-17-53(18-16-52)32-8-6-7-29-36(50-51(5)37(29)32)30-9-10-34(56)48-40(30)58/h6-8,19-22,24-26,30H,9-18,23H2,1-5H3,(H,44,57)(H,46,47,49)(H,48,56,58)/t25-,30?/m0/s1. The Morgan fingerprint density at radius 3 is 2.47 bits per heavy atom. The lowest BCUT2D eigenvalue weighted by Gasteiger charge is -2.44. The average molecular weight is 839 g/mol. The van der Waals surface area contributed by atoms with Gasteiger partial charge in [-0.05, 0) is 64.2 Å². The number of carbonyl (C=O) groups is 3. The molecule has 1 unspecified atom stereocenters. The van der Waals surface area contributed by atoms with Gasteiger partial charge in [-0.25, -0.2) is 9.97 Å². The van der Waals surface area contributed by atoms with Gasteiger partial charge in [0.1, 0.15) is 10.7 Å². The van der Waals surface area contributed by atoms with E-state index in [1.54, 1.807) is 23.0 Å². The number of piperazine rings is 1. The van der Waals surface area contributed by atoms with Crippen molar-refractivity contribution in [2.75, 3.05) is 68.0 Å². The van der Waals surface area contributed by atoms with Crippen molar-refractivity contribution >= 4 is 74.4 Å². The van der Waals surface area contributed by atoms with E-state index >= 15 is 0 Å². The molecule has 7 heterocycles. The zero-order chi connectivity index (χ0) is 42.2. The van der Waals surface area contributed by atoms with E-state index in [1.807, 2.05) is 43.8 Å². The Morgan fingerprint density at radius 1 is 0.983 bits per heavy atom. The fraction of sp³-hybridized carbons (Fsp3) is 0.476. The molecule has 4 aromatic heterocycles. The average Bonchev–Trinajstić information content (AvgIpc) is 3.59. The number of fused-ring (bicyclic) bond motifs is 2. The van der Waals surface area contributed by atoms with Crippen LogP contribution < -0.4 is 36.0 Å². The van der Waals surface area contributed by atoms with Gasteiger partial charge in [-0.2, -0.15) is 10.1 Å². The quantitative estimate of drug-likeness (QED) is 0.162. The Hall–Kier alpha value is -5.81. The number of aryl methyl sites for hydroxylation is 1. The molecule has 2 atom stereocenters. The zero-order valence-corrected chi connectivity index (χ0v) is 35.3. The third-order valence-corrected chi connectivity index (χ3v) is 12.4. The summed E-state index contributed by atoms with van der Waals surface area (Å²) in [6.45, 7) is 11.1. The Morgan fingerprint density at radius 2 is 1.75 bits per heavy atom. The number of aromatic nitrogens is 6. The van der Waals surface area contributed by atoms with Gasteiger partial charge in [0.05, 0.1) is 40.9 Å². The van der Waals surface area contributed by atoms with E-state index in [1.165, 1.54) is 7.05 Å². The van der Waals surface area contributed by atoms with Crippen LogP contribution in [-0.2, 0) is 21.4 Å². The highest BCUT2D eigenvalue weighted by atomic mass is 35.5. The molecule has 60 heavy (non-hydrogen) atoms. The molecule has 3 aliphatic heterocycles. The Bertz CT molecular complexity index is 2510. The first kappa shape index (κ1) is 40.9. The number of nitrogens with zero attached hydrogens (tertiary/aromatic N) is 9. The van der Waals surface area contributed by atoms with Gasteiger partial charge in [0.15, 0.2) is 18.2 Å². The molecule has 0 bridgehead atoms. The topological polar surface area (TPSA) is 185 Å². The third kappa shape index (κ3) is 8.07. The van der Waals surface area contributed by atoms with Gasteiger partial charge in [-0.1, -0.05) is 23.7 Å². The SMILES string of the molecule is CNC(=O)COc1cc2cc(Nc3nc(N4CCC([C@H](C)N5CCN(c6cccc7c(C8CCC(=O)NC8=O)nn(C)c67)CC5)CC4)ncc3Cl)cnc2n(C(C)C)c1=O. The summed E-state index contributed by atoms with van der Waals surface area (Å²) in [6.07, 6.45) is 6.04. The summed E-state index contributed by atoms with van der Waals surface area (Å²) in [5.41, 5.74) is 3.61. The third-order valence-electron chi connectivity index (χ3n) is 12.2. The van der Waals surface area contributed by atoms with E-state index in [-0.39, 0.29) is 41.7 Å². The lowest BCUT2D eigenvalue weighted by molar-refractivity contribution is -0.134. The Labute approximate surface area is 352 Å². The summed E-state index contributed by atoms with van der Waals surface area (Å²) in [7, 11) is 3.44. The van der Waals surface area contributed by atoms with E-state index in [2.05, 4.69) is 53.6 Å². The number of imide groups is 1. The van der Waals surface area contributed by atoms with Crippen molar-refractivity contribution in [2.45, 2.75) is 64.5 Å². The van der Waals surface area contributed by atoms with Crippen LogP contribution in [-0.4, -0.2) is 111 Å². The number of ether oxygens (including phenoxy) is 1. The highest BCUT2D eigenvalue weighted by Crippen LogP contribution is 2.36. The van der Waals surface area contributed by atoms with Crippen LogP contribution in [0.15, 0.2) is 47.5 Å². The Balaban J connectivity index is 0.894. The number of halogens is 1. The minimum atomic E-state index is -0.433. The predicted molar refractivity (Wildman–Crippen MR) is 230 cm³/mol. The summed E-state index contributed by atoms with van der Waals surface area (Å²) < 4.78 is 9.03. The van der Waals surface area contributed by atoms with Crippen LogP contribution >= 0.6 is 11.6 Å². The van der Waals surface area contributed by atoms with E-state index in [0.717, 1.165) is 74.4 Å². The number of hydrogen-bond acceptors (Lipinski definition) is 13. The largest absolute Gasteiger partial charge is 0.478 e. The van der Waals surface area contributed by atoms with E-state index < -0.39 is 5.92 Å². The molecule has 3 fully saturated rings. The number of rotatable bonds is 11. The lowest BCUT2D eigenvalue weighted by Crippen LogP contribution is -2.53. The van der Waals surface area contributed by atoms with Crippen LogP contribution in [0.2, 0.25) is 5.02 Å².